The van der Waals surface area contributed by atoms with Gasteiger partial charge in [0.05, 0.1) is 14.2 Å². The van der Waals surface area contributed by atoms with Gasteiger partial charge in [0.25, 0.3) is 5.91 Å². The number of ether oxygens (including phenoxy) is 2. The van der Waals surface area contributed by atoms with Gasteiger partial charge in [0.1, 0.15) is 17.1 Å². The van der Waals surface area contributed by atoms with E-state index in [1.165, 1.54) is 0 Å². The fourth-order valence-corrected chi connectivity index (χ4v) is 4.74. The molecule has 0 saturated heterocycles. The largest absolute Gasteiger partial charge is 0.496 e. The van der Waals surface area contributed by atoms with Crippen LogP contribution < -0.4 is 31.6 Å². The maximum absolute atomic E-state index is 12.5. The third-order valence-electron chi connectivity index (χ3n) is 6.84. The SMILES string of the molecule is CCC(C)c1c(OC)cc(Nc2nc(N[C@H]3CCCC[C@H]3N)n3ccnc3c2C(N)=O)cc1OC. The van der Waals surface area contributed by atoms with Crippen LogP contribution in [0.4, 0.5) is 17.5 Å². The number of anilines is 3. The van der Waals surface area contributed by atoms with E-state index < -0.39 is 5.91 Å². The summed E-state index contributed by atoms with van der Waals surface area (Å²) in [4.78, 5) is 21.7. The number of fused-ring (bicyclic) bond motifs is 1. The molecule has 0 spiro atoms. The van der Waals surface area contributed by atoms with Gasteiger partial charge in [-0.2, -0.15) is 4.98 Å². The molecule has 1 aromatic carbocycles. The van der Waals surface area contributed by atoms with E-state index in [4.69, 9.17) is 25.9 Å². The molecule has 0 bridgehead atoms. The molecule has 1 amide bonds. The van der Waals surface area contributed by atoms with E-state index in [9.17, 15) is 4.79 Å². The normalized spacial score (nSPS) is 18.8. The molecule has 10 heteroatoms. The molecule has 1 saturated carbocycles. The van der Waals surface area contributed by atoms with Crippen molar-refractivity contribution in [3.05, 3.63) is 35.7 Å². The van der Waals surface area contributed by atoms with Crippen molar-refractivity contribution in [3.63, 3.8) is 0 Å². The molecule has 3 aromatic rings. The number of rotatable bonds is 9. The average molecular weight is 482 g/mol. The van der Waals surface area contributed by atoms with Gasteiger partial charge in [-0.15, -0.1) is 0 Å². The molecule has 4 rings (SSSR count). The van der Waals surface area contributed by atoms with Crippen molar-refractivity contribution in [1.82, 2.24) is 14.4 Å². The fraction of sp³-hybridized carbons (Fsp3) is 0.480. The van der Waals surface area contributed by atoms with Crippen molar-refractivity contribution in [2.75, 3.05) is 24.9 Å². The van der Waals surface area contributed by atoms with Crippen LogP contribution >= 0.6 is 0 Å². The summed E-state index contributed by atoms with van der Waals surface area (Å²) in [6, 6.07) is 3.84. The highest BCUT2D eigenvalue weighted by Gasteiger charge is 2.26. The number of methoxy groups -OCH3 is 2. The van der Waals surface area contributed by atoms with Crippen LogP contribution in [0.1, 0.15) is 67.8 Å². The van der Waals surface area contributed by atoms with Gasteiger partial charge in [0.15, 0.2) is 11.5 Å². The Labute approximate surface area is 205 Å². The monoisotopic (exact) mass is 481 g/mol. The van der Waals surface area contributed by atoms with Gasteiger partial charge in [-0.3, -0.25) is 9.20 Å². The second-order valence-corrected chi connectivity index (χ2v) is 9.07. The molecule has 1 fully saturated rings. The van der Waals surface area contributed by atoms with Crippen molar-refractivity contribution < 1.29 is 14.3 Å². The summed E-state index contributed by atoms with van der Waals surface area (Å²) in [7, 11) is 3.26. The number of hydrogen-bond donors (Lipinski definition) is 4. The molecule has 0 aliphatic heterocycles. The van der Waals surface area contributed by atoms with Crippen molar-refractivity contribution >= 4 is 29.0 Å². The molecular formula is C25H35N7O3. The first kappa shape index (κ1) is 24.6. The number of nitrogens with one attached hydrogen (secondary N) is 2. The van der Waals surface area contributed by atoms with E-state index in [0.29, 0.717) is 34.6 Å². The standard InChI is InChI=1S/C25H35N7O3/c1-5-14(2)20-18(34-3)12-15(13-19(20)35-4)29-23-21(22(27)33)24-28-10-11-32(24)25(31-23)30-17-9-7-6-8-16(17)26/h10-14,16-17,29H,5-9,26H2,1-4H3,(H2,27,33)(H,30,31)/t14?,16-,17+/m1/s1. The maximum atomic E-state index is 12.5. The number of amides is 1. The Balaban J connectivity index is 1.80. The predicted octanol–water partition coefficient (Wildman–Crippen LogP) is 3.78. The van der Waals surface area contributed by atoms with Crippen LogP contribution in [0.25, 0.3) is 5.65 Å². The third-order valence-corrected chi connectivity index (χ3v) is 6.84. The number of carbonyl (C=O) groups is 1. The minimum absolute atomic E-state index is 0.0259. The summed E-state index contributed by atoms with van der Waals surface area (Å²) >= 11 is 0. The van der Waals surface area contributed by atoms with Crippen LogP contribution in [0.5, 0.6) is 11.5 Å². The number of imidazole rings is 1. The number of primary amides is 1. The van der Waals surface area contributed by atoms with E-state index >= 15 is 0 Å². The van der Waals surface area contributed by atoms with Crippen molar-refractivity contribution in [1.29, 1.82) is 0 Å². The lowest BCUT2D eigenvalue weighted by Crippen LogP contribution is -2.43. The van der Waals surface area contributed by atoms with Crippen LogP contribution in [0.2, 0.25) is 0 Å². The minimum Gasteiger partial charge on any atom is -0.496 e. The second-order valence-electron chi connectivity index (χ2n) is 9.07. The van der Waals surface area contributed by atoms with Crippen LogP contribution in [-0.2, 0) is 0 Å². The van der Waals surface area contributed by atoms with Crippen molar-refractivity contribution in [2.24, 2.45) is 11.5 Å². The summed E-state index contributed by atoms with van der Waals surface area (Å²) in [5, 5.41) is 6.74. The topological polar surface area (TPSA) is 142 Å². The molecule has 3 atom stereocenters. The minimum atomic E-state index is -0.632. The lowest BCUT2D eigenvalue weighted by Gasteiger charge is -2.30. The van der Waals surface area contributed by atoms with E-state index in [1.54, 1.807) is 31.0 Å². The predicted molar refractivity (Wildman–Crippen MR) is 137 cm³/mol. The molecular weight excluding hydrogens is 446 g/mol. The van der Waals surface area contributed by atoms with Crippen LogP contribution in [0, 0.1) is 0 Å². The Hall–Kier alpha value is -3.53. The molecule has 1 unspecified atom stereocenters. The summed E-state index contributed by atoms with van der Waals surface area (Å²) < 4.78 is 13.1. The van der Waals surface area contributed by atoms with Gasteiger partial charge in [0.2, 0.25) is 5.95 Å². The quantitative estimate of drug-likeness (QED) is 0.362. The Bertz CT molecular complexity index is 1180. The van der Waals surface area contributed by atoms with Gasteiger partial charge >= 0.3 is 0 Å². The van der Waals surface area contributed by atoms with Crippen LogP contribution in [0.15, 0.2) is 24.5 Å². The number of benzene rings is 1. The van der Waals surface area contributed by atoms with Gasteiger partial charge in [-0.1, -0.05) is 26.7 Å². The van der Waals surface area contributed by atoms with Gasteiger partial charge < -0.3 is 31.6 Å². The highest BCUT2D eigenvalue weighted by Crippen LogP contribution is 2.40. The first-order valence-corrected chi connectivity index (χ1v) is 12.1. The van der Waals surface area contributed by atoms with E-state index in [1.807, 2.05) is 12.1 Å². The van der Waals surface area contributed by atoms with Gasteiger partial charge in [-0.25, -0.2) is 4.98 Å². The smallest absolute Gasteiger partial charge is 0.256 e. The zero-order valence-electron chi connectivity index (χ0n) is 20.8. The lowest BCUT2D eigenvalue weighted by atomic mass is 9.91. The second kappa shape index (κ2) is 10.4. The summed E-state index contributed by atoms with van der Waals surface area (Å²) in [5.74, 6) is 1.83. The number of aromatic nitrogens is 3. The zero-order chi connectivity index (χ0) is 25.1. The molecule has 188 valence electrons. The molecule has 2 heterocycles. The summed E-state index contributed by atoms with van der Waals surface area (Å²) in [6.07, 6.45) is 8.43. The molecule has 6 N–H and O–H groups in total. The first-order valence-electron chi connectivity index (χ1n) is 12.1. The molecule has 1 aliphatic carbocycles. The lowest BCUT2D eigenvalue weighted by molar-refractivity contribution is 0.100. The fourth-order valence-electron chi connectivity index (χ4n) is 4.74. The molecule has 1 aliphatic rings. The maximum Gasteiger partial charge on any atom is 0.256 e. The Morgan fingerprint density at radius 2 is 1.91 bits per heavy atom. The van der Waals surface area contributed by atoms with E-state index in [2.05, 4.69) is 29.5 Å². The van der Waals surface area contributed by atoms with Gasteiger partial charge in [-0.05, 0) is 25.2 Å². The number of nitrogens with two attached hydrogens (primary N) is 2. The van der Waals surface area contributed by atoms with E-state index in [-0.39, 0.29) is 23.6 Å². The average Bonchev–Trinajstić information content (AvgIpc) is 3.34. The van der Waals surface area contributed by atoms with Crippen LogP contribution in [0.3, 0.4) is 0 Å². The molecule has 0 radical (unpaired) electrons. The highest BCUT2D eigenvalue weighted by molar-refractivity contribution is 6.04. The molecule has 2 aromatic heterocycles. The number of nitrogens with zero attached hydrogens (tertiary/aromatic N) is 3. The Morgan fingerprint density at radius 1 is 1.23 bits per heavy atom. The van der Waals surface area contributed by atoms with E-state index in [0.717, 1.165) is 37.7 Å². The van der Waals surface area contributed by atoms with Crippen molar-refractivity contribution in [3.8, 4) is 11.5 Å². The summed E-state index contributed by atoms with van der Waals surface area (Å²) in [5.41, 5.74) is 14.4. The van der Waals surface area contributed by atoms with Crippen LogP contribution in [-0.4, -0.2) is 46.6 Å². The first-order chi connectivity index (χ1) is 16.9. The highest BCUT2D eigenvalue weighted by atomic mass is 16.5. The molecule has 35 heavy (non-hydrogen) atoms. The Kier molecular flexibility index (Phi) is 7.30. The number of carbonyl (C=O) groups excluding carboxylic acids is 1. The Morgan fingerprint density at radius 3 is 2.51 bits per heavy atom. The third kappa shape index (κ3) is 4.84. The zero-order valence-corrected chi connectivity index (χ0v) is 20.8. The van der Waals surface area contributed by atoms with Gasteiger partial charge in [0, 0.05) is 47.9 Å². The summed E-state index contributed by atoms with van der Waals surface area (Å²) in [6.45, 7) is 4.24. The molecule has 10 nitrogen and oxygen atoms in total. The van der Waals surface area contributed by atoms with Crippen molar-refractivity contribution in [2.45, 2.75) is 64.0 Å². The number of hydrogen-bond acceptors (Lipinski definition) is 8.